The molecule has 0 amide bonds. The Balaban J connectivity index is 0.000000720. The molecule has 12 heavy (non-hydrogen) atoms. The van der Waals surface area contributed by atoms with Crippen molar-refractivity contribution in [3.8, 4) is 0 Å². The van der Waals surface area contributed by atoms with Crippen LogP contribution in [-0.4, -0.2) is 19.7 Å². The smallest absolute Gasteiger partial charge is 0.116 e. The van der Waals surface area contributed by atoms with E-state index in [0.29, 0.717) is 0 Å². The second-order valence-corrected chi connectivity index (χ2v) is 2.47. The first kappa shape index (κ1) is 8.61. The van der Waals surface area contributed by atoms with Crippen molar-refractivity contribution in [3.63, 3.8) is 0 Å². The minimum absolute atomic E-state index is 0. The van der Waals surface area contributed by atoms with Crippen LogP contribution in [0.3, 0.4) is 0 Å². The number of hydrogen-bond acceptors (Lipinski definition) is 4. The highest BCUT2D eigenvalue weighted by molar-refractivity contribution is 5.75. The van der Waals surface area contributed by atoms with Crippen molar-refractivity contribution in [2.24, 2.45) is 7.05 Å². The molecule has 5 nitrogen and oxygen atoms in total. The van der Waals surface area contributed by atoms with E-state index in [0.717, 1.165) is 16.7 Å². The van der Waals surface area contributed by atoms with Gasteiger partial charge >= 0.3 is 0 Å². The van der Waals surface area contributed by atoms with Gasteiger partial charge in [0.15, 0.2) is 0 Å². The van der Waals surface area contributed by atoms with E-state index >= 15 is 0 Å². The van der Waals surface area contributed by atoms with E-state index in [1.54, 1.807) is 10.9 Å². The fourth-order valence-electron chi connectivity index (χ4n) is 1.16. The fourth-order valence-corrected chi connectivity index (χ4v) is 1.16. The number of hydrogen-bond donors (Lipinski definition) is 1. The first-order chi connectivity index (χ1) is 5.29. The summed E-state index contributed by atoms with van der Waals surface area (Å²) in [5.41, 5.74) is 2.86. The zero-order chi connectivity index (χ0) is 7.84. The summed E-state index contributed by atoms with van der Waals surface area (Å²) in [7, 11) is 1.89. The van der Waals surface area contributed by atoms with Crippen molar-refractivity contribution < 1.29 is 0 Å². The van der Waals surface area contributed by atoms with E-state index in [1.807, 2.05) is 14.0 Å². The standard InChI is InChI=1S/C7H8N4.H3N/c1-5-7-6(11(2)10-5)3-8-4-9-7;/h3-4H,1-2H3;1H3. The van der Waals surface area contributed by atoms with Crippen molar-refractivity contribution >= 4 is 11.0 Å². The van der Waals surface area contributed by atoms with Crippen molar-refractivity contribution in [2.45, 2.75) is 6.92 Å². The summed E-state index contributed by atoms with van der Waals surface area (Å²) in [4.78, 5) is 8.02. The molecule has 64 valence electrons. The summed E-state index contributed by atoms with van der Waals surface area (Å²) in [6, 6.07) is 0. The summed E-state index contributed by atoms with van der Waals surface area (Å²) in [5, 5.41) is 4.20. The lowest BCUT2D eigenvalue weighted by atomic mass is 10.4. The van der Waals surface area contributed by atoms with Gasteiger partial charge in [0.2, 0.25) is 0 Å². The van der Waals surface area contributed by atoms with Crippen LogP contribution < -0.4 is 6.15 Å². The average molecular weight is 165 g/mol. The molecule has 0 aliphatic heterocycles. The predicted molar refractivity (Wildman–Crippen MR) is 46.1 cm³/mol. The maximum atomic E-state index is 4.20. The zero-order valence-corrected chi connectivity index (χ0v) is 7.15. The summed E-state index contributed by atoms with van der Waals surface area (Å²) in [6.07, 6.45) is 3.30. The van der Waals surface area contributed by atoms with Crippen LogP contribution in [0, 0.1) is 6.92 Å². The van der Waals surface area contributed by atoms with E-state index in [4.69, 9.17) is 0 Å². The van der Waals surface area contributed by atoms with Crippen molar-refractivity contribution in [1.29, 1.82) is 0 Å². The highest BCUT2D eigenvalue weighted by Gasteiger charge is 2.03. The van der Waals surface area contributed by atoms with Crippen LogP contribution in [-0.2, 0) is 7.05 Å². The van der Waals surface area contributed by atoms with Crippen LogP contribution in [0.2, 0.25) is 0 Å². The molecule has 0 radical (unpaired) electrons. The molecule has 2 heterocycles. The van der Waals surface area contributed by atoms with Crippen LogP contribution in [0.4, 0.5) is 0 Å². The molecule has 0 fully saturated rings. The highest BCUT2D eigenvalue weighted by Crippen LogP contribution is 2.11. The van der Waals surface area contributed by atoms with E-state index in [-0.39, 0.29) is 6.15 Å². The van der Waals surface area contributed by atoms with Gasteiger partial charge in [0.25, 0.3) is 0 Å². The Kier molecular flexibility index (Phi) is 2.05. The largest absolute Gasteiger partial charge is 0.344 e. The molecule has 0 aromatic carbocycles. The summed E-state index contributed by atoms with van der Waals surface area (Å²) >= 11 is 0. The Morgan fingerprint density at radius 1 is 1.42 bits per heavy atom. The fraction of sp³-hybridized carbons (Fsp3) is 0.286. The molecule has 0 spiro atoms. The lowest BCUT2D eigenvalue weighted by Gasteiger charge is -1.88. The Labute approximate surface area is 70.0 Å². The molecule has 0 atom stereocenters. The van der Waals surface area contributed by atoms with Crippen LogP contribution in [0.5, 0.6) is 0 Å². The van der Waals surface area contributed by atoms with E-state index in [1.165, 1.54) is 6.33 Å². The van der Waals surface area contributed by atoms with Gasteiger partial charge in [-0.2, -0.15) is 5.10 Å². The van der Waals surface area contributed by atoms with Gasteiger partial charge in [-0.3, -0.25) is 4.68 Å². The number of nitrogens with zero attached hydrogens (tertiary/aromatic N) is 4. The van der Waals surface area contributed by atoms with Gasteiger partial charge in [-0.25, -0.2) is 9.97 Å². The monoisotopic (exact) mass is 165 g/mol. The Morgan fingerprint density at radius 3 is 2.83 bits per heavy atom. The maximum Gasteiger partial charge on any atom is 0.116 e. The molecule has 2 aromatic rings. The Hall–Kier alpha value is -1.49. The molecule has 0 unspecified atom stereocenters. The van der Waals surface area contributed by atoms with Gasteiger partial charge in [-0.05, 0) is 6.92 Å². The SMILES string of the molecule is Cc1nn(C)c2cncnc12.N. The maximum absolute atomic E-state index is 4.20. The quantitative estimate of drug-likeness (QED) is 0.627. The molecule has 2 aromatic heterocycles. The molecule has 0 saturated carbocycles. The minimum atomic E-state index is 0. The predicted octanol–water partition coefficient (Wildman–Crippen LogP) is 0.834. The van der Waals surface area contributed by atoms with Crippen molar-refractivity contribution in [3.05, 3.63) is 18.2 Å². The first-order valence-corrected chi connectivity index (χ1v) is 3.38. The first-order valence-electron chi connectivity index (χ1n) is 3.38. The molecule has 0 bridgehead atoms. The summed E-state index contributed by atoms with van der Waals surface area (Å²) in [6.45, 7) is 1.94. The highest BCUT2D eigenvalue weighted by atomic mass is 15.3. The summed E-state index contributed by atoms with van der Waals surface area (Å²) < 4.78 is 1.78. The number of aromatic nitrogens is 4. The normalized spacial score (nSPS) is 9.83. The van der Waals surface area contributed by atoms with Crippen LogP contribution in [0.15, 0.2) is 12.5 Å². The third-order valence-electron chi connectivity index (χ3n) is 1.68. The molecule has 0 saturated heterocycles. The third-order valence-corrected chi connectivity index (χ3v) is 1.68. The van der Waals surface area contributed by atoms with Crippen LogP contribution in [0.25, 0.3) is 11.0 Å². The van der Waals surface area contributed by atoms with Gasteiger partial charge in [0, 0.05) is 7.05 Å². The minimum Gasteiger partial charge on any atom is -0.344 e. The van der Waals surface area contributed by atoms with Gasteiger partial charge in [-0.15, -0.1) is 0 Å². The second kappa shape index (κ2) is 2.86. The third kappa shape index (κ3) is 1.04. The lowest BCUT2D eigenvalue weighted by Crippen LogP contribution is -1.89. The number of rotatable bonds is 0. The van der Waals surface area contributed by atoms with Crippen molar-refractivity contribution in [1.82, 2.24) is 25.9 Å². The molecular weight excluding hydrogens is 154 g/mol. The van der Waals surface area contributed by atoms with Gasteiger partial charge < -0.3 is 6.15 Å². The van der Waals surface area contributed by atoms with E-state index in [2.05, 4.69) is 15.1 Å². The topological polar surface area (TPSA) is 78.6 Å². The van der Waals surface area contributed by atoms with Crippen molar-refractivity contribution in [2.75, 3.05) is 0 Å². The van der Waals surface area contributed by atoms with Crippen LogP contribution >= 0.6 is 0 Å². The average Bonchev–Trinajstić information content (AvgIpc) is 2.30. The summed E-state index contributed by atoms with van der Waals surface area (Å²) in [5.74, 6) is 0. The molecule has 0 aliphatic rings. The van der Waals surface area contributed by atoms with Gasteiger partial charge in [0.1, 0.15) is 17.4 Å². The molecule has 0 aliphatic carbocycles. The zero-order valence-electron chi connectivity index (χ0n) is 7.15. The Bertz CT molecular complexity index is 356. The lowest BCUT2D eigenvalue weighted by molar-refractivity contribution is 0.782. The molecule has 5 heteroatoms. The Morgan fingerprint density at radius 2 is 2.17 bits per heavy atom. The molecular formula is C7H11N5. The molecule has 3 N–H and O–H groups in total. The van der Waals surface area contributed by atoms with Gasteiger partial charge in [0.05, 0.1) is 11.9 Å². The van der Waals surface area contributed by atoms with Gasteiger partial charge in [-0.1, -0.05) is 0 Å². The van der Waals surface area contributed by atoms with Crippen LogP contribution in [0.1, 0.15) is 5.69 Å². The van der Waals surface area contributed by atoms with E-state index < -0.39 is 0 Å². The second-order valence-electron chi connectivity index (χ2n) is 2.47. The number of aryl methyl sites for hydroxylation is 2. The van der Waals surface area contributed by atoms with E-state index in [9.17, 15) is 0 Å². The number of fused-ring (bicyclic) bond motifs is 1. The molecule has 2 rings (SSSR count).